The van der Waals surface area contributed by atoms with Gasteiger partial charge in [-0.1, -0.05) is 18.2 Å². The molecule has 230 valence electrons. The maximum Gasteiger partial charge on any atom is 0.263 e. The van der Waals surface area contributed by atoms with Crippen molar-refractivity contribution in [2.75, 3.05) is 69.0 Å². The van der Waals surface area contributed by atoms with Gasteiger partial charge in [-0.2, -0.15) is 4.98 Å². The molecule has 0 aliphatic carbocycles. The molecule has 6 rings (SSSR count). The number of aromatic nitrogens is 4. The Labute approximate surface area is 257 Å². The average Bonchev–Trinajstić information content (AvgIpc) is 3.45. The van der Waals surface area contributed by atoms with Crippen molar-refractivity contribution in [2.24, 2.45) is 0 Å². The topological polar surface area (TPSA) is 127 Å². The highest BCUT2D eigenvalue weighted by Gasteiger charge is 2.38. The molecule has 0 saturated carbocycles. The van der Waals surface area contributed by atoms with Gasteiger partial charge in [0.05, 0.1) is 6.54 Å². The van der Waals surface area contributed by atoms with Gasteiger partial charge in [-0.05, 0) is 69.8 Å². The van der Waals surface area contributed by atoms with Crippen LogP contribution in [0.3, 0.4) is 0 Å². The number of hydrogen-bond acceptors (Lipinski definition) is 11. The first-order chi connectivity index (χ1) is 21.3. The zero-order valence-corrected chi connectivity index (χ0v) is 25.7. The number of rotatable bonds is 8. The van der Waals surface area contributed by atoms with Crippen molar-refractivity contribution in [3.05, 3.63) is 71.7 Å². The van der Waals surface area contributed by atoms with Crippen molar-refractivity contribution in [1.82, 2.24) is 30.0 Å². The number of amides is 1. The minimum atomic E-state index is -0.152. The van der Waals surface area contributed by atoms with Crippen LogP contribution in [0.15, 0.2) is 59.1 Å². The molecule has 2 N–H and O–H groups in total. The summed E-state index contributed by atoms with van der Waals surface area (Å²) >= 11 is 0. The van der Waals surface area contributed by atoms with Crippen molar-refractivity contribution in [3.63, 3.8) is 0 Å². The maximum absolute atomic E-state index is 13.6. The number of phenols is 1. The van der Waals surface area contributed by atoms with Gasteiger partial charge in [0.25, 0.3) is 5.91 Å². The summed E-state index contributed by atoms with van der Waals surface area (Å²) < 4.78 is 6.13. The first-order valence-corrected chi connectivity index (χ1v) is 15.0. The largest absolute Gasteiger partial charge is 0.508 e. The number of phenolic OH excluding ortho intramolecular Hbond substituents is 1. The van der Waals surface area contributed by atoms with E-state index in [9.17, 15) is 9.90 Å². The zero-order chi connectivity index (χ0) is 30.8. The molecule has 0 radical (unpaired) electrons. The first-order valence-electron chi connectivity index (χ1n) is 15.0. The number of aromatic hydroxyl groups is 1. The fourth-order valence-corrected chi connectivity index (χ4v) is 6.21. The molecule has 12 heteroatoms. The number of nitrogens with zero attached hydrogens (tertiary/aromatic N) is 8. The fourth-order valence-electron chi connectivity index (χ4n) is 6.21. The molecule has 0 bridgehead atoms. The van der Waals surface area contributed by atoms with E-state index in [1.165, 1.54) is 0 Å². The first kappa shape index (κ1) is 29.5. The highest BCUT2D eigenvalue weighted by Crippen LogP contribution is 2.39. The highest BCUT2D eigenvalue weighted by atomic mass is 16.4. The summed E-state index contributed by atoms with van der Waals surface area (Å²) in [5.74, 6) is 2.23. The minimum Gasteiger partial charge on any atom is -0.508 e. The number of carbonyl (C=O) groups excluding carboxylic acids is 1. The van der Waals surface area contributed by atoms with Gasteiger partial charge in [-0.15, -0.1) is 10.2 Å². The number of piperidine rings is 1. The Balaban J connectivity index is 1.15. The van der Waals surface area contributed by atoms with Crippen LogP contribution in [0.2, 0.25) is 0 Å². The molecule has 2 aromatic heterocycles. The van der Waals surface area contributed by atoms with Crippen molar-refractivity contribution in [3.8, 4) is 17.2 Å². The molecule has 0 spiro atoms. The van der Waals surface area contributed by atoms with E-state index in [0.29, 0.717) is 61.0 Å². The molecular formula is C32H39N9O3. The van der Waals surface area contributed by atoms with Crippen LogP contribution in [-0.2, 0) is 12.1 Å². The van der Waals surface area contributed by atoms with Gasteiger partial charge in [0.2, 0.25) is 17.7 Å². The second-order valence-electron chi connectivity index (χ2n) is 11.6. The lowest BCUT2D eigenvalue weighted by Crippen LogP contribution is -2.50. The Morgan fingerprint density at radius 2 is 1.84 bits per heavy atom. The molecular weight excluding hydrogens is 558 g/mol. The van der Waals surface area contributed by atoms with E-state index in [-0.39, 0.29) is 11.4 Å². The number of benzene rings is 2. The van der Waals surface area contributed by atoms with Gasteiger partial charge in [0.15, 0.2) is 0 Å². The van der Waals surface area contributed by atoms with E-state index in [1.54, 1.807) is 17.2 Å². The van der Waals surface area contributed by atoms with Gasteiger partial charge in [0, 0.05) is 62.8 Å². The van der Waals surface area contributed by atoms with Gasteiger partial charge < -0.3 is 24.6 Å². The summed E-state index contributed by atoms with van der Waals surface area (Å²) in [5.41, 5.74) is 2.94. The van der Waals surface area contributed by atoms with Crippen molar-refractivity contribution >= 4 is 23.4 Å². The van der Waals surface area contributed by atoms with Crippen LogP contribution in [0.4, 0.5) is 17.5 Å². The molecule has 4 heterocycles. The summed E-state index contributed by atoms with van der Waals surface area (Å²) in [7, 11) is 6.13. The molecule has 1 saturated heterocycles. The predicted octanol–water partition coefficient (Wildman–Crippen LogP) is 3.81. The Morgan fingerprint density at radius 1 is 1.05 bits per heavy atom. The lowest BCUT2D eigenvalue weighted by molar-refractivity contribution is 0.0473. The average molecular weight is 598 g/mol. The summed E-state index contributed by atoms with van der Waals surface area (Å²) in [6.07, 6.45) is 3.42. The van der Waals surface area contributed by atoms with Crippen LogP contribution in [0.1, 0.15) is 41.6 Å². The smallest absolute Gasteiger partial charge is 0.263 e. The SMILES string of the molecule is CCNc1ncc2c(n1)N(C)CCN(c1cccc(-c3nnc(CN4CCC(c5cccc(O)c5)(N(C)C)CC4)o3)c1)C2=O. The Hall–Kier alpha value is -4.55. The standard InChI is InChI=1S/C32H39N9O3/c1-5-33-31-34-20-26-28(35-31)39(4)16-17-41(30(26)43)24-10-6-8-22(18-24)29-37-36-27(44-29)21-40-14-12-32(13-15-40,38(2)3)23-9-7-11-25(42)19-23/h6-11,18-20,42H,5,12-17,21H2,1-4H3,(H,33,34,35). The number of likely N-dealkylation sites (N-methyl/N-ethyl adjacent to an activating group) is 1. The summed E-state index contributed by atoms with van der Waals surface area (Å²) in [5, 5.41) is 21.9. The zero-order valence-electron chi connectivity index (χ0n) is 25.7. The van der Waals surface area contributed by atoms with Crippen molar-refractivity contribution in [2.45, 2.75) is 31.8 Å². The van der Waals surface area contributed by atoms with Crippen LogP contribution >= 0.6 is 0 Å². The monoisotopic (exact) mass is 597 g/mol. The van der Waals surface area contributed by atoms with Crippen molar-refractivity contribution in [1.29, 1.82) is 0 Å². The van der Waals surface area contributed by atoms with E-state index in [4.69, 9.17) is 4.42 Å². The number of fused-ring (bicyclic) bond motifs is 1. The van der Waals surface area contributed by atoms with E-state index >= 15 is 0 Å². The molecule has 12 nitrogen and oxygen atoms in total. The third kappa shape index (κ3) is 5.70. The van der Waals surface area contributed by atoms with Gasteiger partial charge >= 0.3 is 0 Å². The van der Waals surface area contributed by atoms with E-state index in [1.807, 2.05) is 55.3 Å². The molecule has 4 aromatic rings. The number of hydrogen-bond donors (Lipinski definition) is 2. The molecule has 2 aromatic carbocycles. The van der Waals surface area contributed by atoms with Crippen LogP contribution < -0.4 is 15.1 Å². The Bertz CT molecular complexity index is 1630. The number of carbonyl (C=O) groups is 1. The van der Waals surface area contributed by atoms with Crippen LogP contribution in [0, 0.1) is 0 Å². The quantitative estimate of drug-likeness (QED) is 0.308. The molecule has 1 fully saturated rings. The Kier molecular flexibility index (Phi) is 8.19. The third-order valence-corrected chi connectivity index (χ3v) is 8.75. The second kappa shape index (κ2) is 12.2. The fraction of sp³-hybridized carbons (Fsp3) is 0.406. The third-order valence-electron chi connectivity index (χ3n) is 8.75. The molecule has 0 unspecified atom stereocenters. The van der Waals surface area contributed by atoms with Gasteiger partial charge in [-0.25, -0.2) is 4.98 Å². The number of anilines is 3. The van der Waals surface area contributed by atoms with Crippen LogP contribution in [0.5, 0.6) is 5.75 Å². The van der Waals surface area contributed by atoms with Crippen LogP contribution in [-0.4, -0.2) is 94.8 Å². The summed E-state index contributed by atoms with van der Waals surface area (Å²) in [4.78, 5) is 30.9. The van der Waals surface area contributed by atoms with E-state index in [2.05, 4.69) is 55.4 Å². The molecule has 0 atom stereocenters. The predicted molar refractivity (Wildman–Crippen MR) is 169 cm³/mol. The van der Waals surface area contributed by atoms with Crippen molar-refractivity contribution < 1.29 is 14.3 Å². The van der Waals surface area contributed by atoms with Gasteiger partial charge in [0.1, 0.15) is 17.1 Å². The lowest BCUT2D eigenvalue weighted by Gasteiger charge is -2.46. The lowest BCUT2D eigenvalue weighted by atomic mass is 9.79. The normalized spacial score (nSPS) is 17.1. The molecule has 44 heavy (non-hydrogen) atoms. The molecule has 1 amide bonds. The molecule has 2 aliphatic rings. The van der Waals surface area contributed by atoms with Gasteiger partial charge in [-0.3, -0.25) is 14.6 Å². The van der Waals surface area contributed by atoms with E-state index < -0.39 is 0 Å². The highest BCUT2D eigenvalue weighted by molar-refractivity contribution is 6.09. The number of nitrogens with one attached hydrogen (secondary N) is 1. The Morgan fingerprint density at radius 3 is 2.59 bits per heavy atom. The maximum atomic E-state index is 13.6. The van der Waals surface area contributed by atoms with E-state index in [0.717, 1.165) is 42.7 Å². The summed E-state index contributed by atoms with van der Waals surface area (Å²) in [6.45, 7) is 6.05. The summed E-state index contributed by atoms with van der Waals surface area (Å²) in [6, 6.07) is 15.2. The molecule has 2 aliphatic heterocycles. The minimum absolute atomic E-state index is 0.142. The second-order valence-corrected chi connectivity index (χ2v) is 11.6. The van der Waals surface area contributed by atoms with Crippen LogP contribution in [0.25, 0.3) is 11.5 Å². The number of likely N-dealkylation sites (tertiary alicyclic amines) is 1.